The van der Waals surface area contributed by atoms with Gasteiger partial charge in [-0.3, -0.25) is 4.79 Å². The first-order chi connectivity index (χ1) is 12.6. The van der Waals surface area contributed by atoms with Crippen molar-refractivity contribution in [2.45, 2.75) is 19.3 Å². The molecule has 2 aromatic rings. The lowest BCUT2D eigenvalue weighted by molar-refractivity contribution is -0.0504. The number of amides is 1. The maximum absolute atomic E-state index is 12.7. The normalized spacial score (nSPS) is 17.4. The first-order valence-corrected chi connectivity index (χ1v) is 8.31. The van der Waals surface area contributed by atoms with Gasteiger partial charge in [0.1, 0.15) is 11.9 Å². The Morgan fingerprint density at radius 2 is 2.04 bits per heavy atom. The van der Waals surface area contributed by atoms with Crippen molar-refractivity contribution in [3.63, 3.8) is 0 Å². The third kappa shape index (κ3) is 4.36. The first-order valence-electron chi connectivity index (χ1n) is 8.31. The molecule has 0 saturated carbocycles. The average Bonchev–Trinajstić information content (AvgIpc) is 2.67. The second kappa shape index (κ2) is 8.25. The monoisotopic (exact) mass is 362 g/mol. The number of morpholine rings is 1. The van der Waals surface area contributed by atoms with E-state index in [2.05, 4.69) is 4.74 Å². The van der Waals surface area contributed by atoms with Crippen LogP contribution in [-0.2, 0) is 11.3 Å². The van der Waals surface area contributed by atoms with Crippen LogP contribution in [0.15, 0.2) is 48.5 Å². The van der Waals surface area contributed by atoms with Gasteiger partial charge in [-0.05, 0) is 35.4 Å². The zero-order chi connectivity index (χ0) is 18.5. The van der Waals surface area contributed by atoms with Crippen LogP contribution in [-0.4, -0.2) is 37.1 Å². The number of nitrogens with zero attached hydrogens (tertiary/aromatic N) is 1. The molecule has 1 atom stereocenters. The molecule has 1 unspecified atom stereocenters. The minimum absolute atomic E-state index is 0.0712. The lowest BCUT2D eigenvalue weighted by atomic mass is 10.1. The molecule has 138 valence electrons. The summed E-state index contributed by atoms with van der Waals surface area (Å²) < 4.78 is 34.9. The SMILES string of the molecule is NCc1ccc(C(=O)N2CCOC(c3cccc(OC(F)F)c3)C2)cc1. The molecule has 0 aliphatic carbocycles. The van der Waals surface area contributed by atoms with Crippen LogP contribution < -0.4 is 10.5 Å². The predicted molar refractivity (Wildman–Crippen MR) is 92.0 cm³/mol. The Balaban J connectivity index is 1.71. The van der Waals surface area contributed by atoms with Gasteiger partial charge < -0.3 is 20.1 Å². The van der Waals surface area contributed by atoms with Gasteiger partial charge in [0.2, 0.25) is 0 Å². The fraction of sp³-hybridized carbons (Fsp3) is 0.316. The van der Waals surface area contributed by atoms with Crippen LogP contribution in [0.1, 0.15) is 27.6 Å². The Kier molecular flexibility index (Phi) is 5.80. The molecule has 0 bridgehead atoms. The second-order valence-corrected chi connectivity index (χ2v) is 5.96. The highest BCUT2D eigenvalue weighted by Crippen LogP contribution is 2.27. The Hall–Kier alpha value is -2.51. The van der Waals surface area contributed by atoms with Gasteiger partial charge in [-0.2, -0.15) is 8.78 Å². The third-order valence-corrected chi connectivity index (χ3v) is 4.25. The average molecular weight is 362 g/mol. The van der Waals surface area contributed by atoms with Gasteiger partial charge in [-0.15, -0.1) is 0 Å². The predicted octanol–water partition coefficient (Wildman–Crippen LogP) is 2.96. The van der Waals surface area contributed by atoms with Crippen LogP contribution in [0.3, 0.4) is 0 Å². The smallest absolute Gasteiger partial charge is 0.387 e. The van der Waals surface area contributed by atoms with E-state index in [-0.39, 0.29) is 11.7 Å². The zero-order valence-corrected chi connectivity index (χ0v) is 14.1. The molecule has 1 amide bonds. The molecule has 3 rings (SSSR count). The largest absolute Gasteiger partial charge is 0.435 e. The first kappa shape index (κ1) is 18.3. The number of hydrogen-bond acceptors (Lipinski definition) is 4. The number of carbonyl (C=O) groups is 1. The van der Waals surface area contributed by atoms with E-state index in [1.807, 2.05) is 12.1 Å². The molecule has 1 aliphatic heterocycles. The van der Waals surface area contributed by atoms with Crippen molar-refractivity contribution in [1.29, 1.82) is 0 Å². The van der Waals surface area contributed by atoms with Gasteiger partial charge >= 0.3 is 6.61 Å². The summed E-state index contributed by atoms with van der Waals surface area (Å²) >= 11 is 0. The van der Waals surface area contributed by atoms with E-state index < -0.39 is 12.7 Å². The van der Waals surface area contributed by atoms with Gasteiger partial charge in [0.25, 0.3) is 5.91 Å². The number of rotatable bonds is 5. The number of alkyl halides is 2. The van der Waals surface area contributed by atoms with Crippen LogP contribution in [0, 0.1) is 0 Å². The highest BCUT2D eigenvalue weighted by atomic mass is 19.3. The van der Waals surface area contributed by atoms with E-state index in [1.165, 1.54) is 12.1 Å². The van der Waals surface area contributed by atoms with Gasteiger partial charge in [0.05, 0.1) is 13.2 Å². The summed E-state index contributed by atoms with van der Waals surface area (Å²) in [6.07, 6.45) is -0.391. The minimum atomic E-state index is -2.88. The summed E-state index contributed by atoms with van der Waals surface area (Å²) in [5, 5.41) is 0. The summed E-state index contributed by atoms with van der Waals surface area (Å²) in [5.74, 6) is -0.0243. The number of nitrogens with two attached hydrogens (primary N) is 1. The number of carbonyl (C=O) groups excluding carboxylic acids is 1. The van der Waals surface area contributed by atoms with Crippen molar-refractivity contribution in [2.75, 3.05) is 19.7 Å². The van der Waals surface area contributed by atoms with Gasteiger partial charge in [0, 0.05) is 18.7 Å². The molecule has 7 heteroatoms. The number of halogens is 2. The molecule has 2 aromatic carbocycles. The topological polar surface area (TPSA) is 64.8 Å². The van der Waals surface area contributed by atoms with Crippen LogP contribution in [0.2, 0.25) is 0 Å². The summed E-state index contributed by atoms with van der Waals surface area (Å²) in [5.41, 5.74) is 7.81. The molecule has 1 saturated heterocycles. The maximum Gasteiger partial charge on any atom is 0.387 e. The maximum atomic E-state index is 12.7. The summed E-state index contributed by atoms with van der Waals surface area (Å²) in [6, 6.07) is 13.5. The van der Waals surface area contributed by atoms with Crippen LogP contribution >= 0.6 is 0 Å². The molecule has 0 aromatic heterocycles. The Labute approximate surface area is 150 Å². The van der Waals surface area contributed by atoms with Gasteiger partial charge in [0.15, 0.2) is 0 Å². The molecule has 26 heavy (non-hydrogen) atoms. The molecule has 5 nitrogen and oxygen atoms in total. The van der Waals surface area contributed by atoms with Crippen LogP contribution in [0.5, 0.6) is 5.75 Å². The minimum Gasteiger partial charge on any atom is -0.435 e. The summed E-state index contributed by atoms with van der Waals surface area (Å²) in [7, 11) is 0. The van der Waals surface area contributed by atoms with Crippen molar-refractivity contribution in [2.24, 2.45) is 5.73 Å². The Morgan fingerprint density at radius 3 is 2.73 bits per heavy atom. The second-order valence-electron chi connectivity index (χ2n) is 5.96. The van der Waals surface area contributed by atoms with Crippen LogP contribution in [0.4, 0.5) is 8.78 Å². The van der Waals surface area contributed by atoms with E-state index in [0.29, 0.717) is 37.4 Å². The summed E-state index contributed by atoms with van der Waals surface area (Å²) in [4.78, 5) is 14.4. The number of benzene rings is 2. The molecule has 0 radical (unpaired) electrons. The molecular weight excluding hydrogens is 342 g/mol. The van der Waals surface area contributed by atoms with E-state index >= 15 is 0 Å². The van der Waals surface area contributed by atoms with E-state index in [1.54, 1.807) is 29.2 Å². The molecule has 1 heterocycles. The fourth-order valence-corrected chi connectivity index (χ4v) is 2.89. The van der Waals surface area contributed by atoms with Crippen molar-refractivity contribution < 1.29 is 23.0 Å². The van der Waals surface area contributed by atoms with E-state index in [4.69, 9.17) is 10.5 Å². The Bertz CT molecular complexity index is 753. The molecule has 2 N–H and O–H groups in total. The van der Waals surface area contributed by atoms with Crippen LogP contribution in [0.25, 0.3) is 0 Å². The van der Waals surface area contributed by atoms with Crippen molar-refractivity contribution in [3.05, 3.63) is 65.2 Å². The zero-order valence-electron chi connectivity index (χ0n) is 14.1. The molecule has 1 fully saturated rings. The van der Waals surface area contributed by atoms with E-state index in [0.717, 1.165) is 5.56 Å². The third-order valence-electron chi connectivity index (χ3n) is 4.25. The highest BCUT2D eigenvalue weighted by Gasteiger charge is 2.26. The highest BCUT2D eigenvalue weighted by molar-refractivity contribution is 5.94. The Morgan fingerprint density at radius 1 is 1.27 bits per heavy atom. The van der Waals surface area contributed by atoms with Crippen molar-refractivity contribution in [3.8, 4) is 5.75 Å². The van der Waals surface area contributed by atoms with Crippen molar-refractivity contribution >= 4 is 5.91 Å². The standard InChI is InChI=1S/C19H20F2N2O3/c20-19(21)26-16-3-1-2-15(10-16)17-12-23(8-9-25-17)18(24)14-6-4-13(11-22)5-7-14/h1-7,10,17,19H,8-9,11-12,22H2. The molecule has 0 spiro atoms. The lowest BCUT2D eigenvalue weighted by Crippen LogP contribution is -2.42. The quantitative estimate of drug-likeness (QED) is 0.888. The van der Waals surface area contributed by atoms with Gasteiger partial charge in [-0.25, -0.2) is 0 Å². The molecular formula is C19H20F2N2O3. The summed E-state index contributed by atoms with van der Waals surface area (Å²) in [6.45, 7) is -1.27. The van der Waals surface area contributed by atoms with Gasteiger partial charge in [-0.1, -0.05) is 24.3 Å². The number of ether oxygens (including phenoxy) is 2. The molecule has 1 aliphatic rings. The number of hydrogen-bond donors (Lipinski definition) is 1. The fourth-order valence-electron chi connectivity index (χ4n) is 2.89. The van der Waals surface area contributed by atoms with Crippen molar-refractivity contribution in [1.82, 2.24) is 4.90 Å². The lowest BCUT2D eigenvalue weighted by Gasteiger charge is -2.33. The van der Waals surface area contributed by atoms with E-state index in [9.17, 15) is 13.6 Å².